The Balaban J connectivity index is 2.59. The summed E-state index contributed by atoms with van der Waals surface area (Å²) in [6.45, 7) is 1.75. The first kappa shape index (κ1) is 9.39. The van der Waals surface area contributed by atoms with Gasteiger partial charge in [0.05, 0.1) is 11.3 Å². The summed E-state index contributed by atoms with van der Waals surface area (Å²) in [5.74, 6) is -0.936. The second kappa shape index (κ2) is 3.53. The molecule has 0 aliphatic rings. The molecular formula is C10H9N3O2. The molecule has 0 bridgehead atoms. The number of aromatic carboxylic acids is 1. The molecule has 0 amide bonds. The van der Waals surface area contributed by atoms with E-state index < -0.39 is 5.97 Å². The van der Waals surface area contributed by atoms with Crippen molar-refractivity contribution in [3.63, 3.8) is 0 Å². The number of carboxylic acids is 1. The summed E-state index contributed by atoms with van der Waals surface area (Å²) < 4.78 is 1.54. The van der Waals surface area contributed by atoms with Crippen LogP contribution in [0.15, 0.2) is 30.9 Å². The lowest BCUT2D eigenvalue weighted by molar-refractivity contribution is 0.0696. The monoisotopic (exact) mass is 203 g/mol. The van der Waals surface area contributed by atoms with E-state index in [-0.39, 0.29) is 5.56 Å². The molecule has 0 unspecified atom stereocenters. The zero-order valence-corrected chi connectivity index (χ0v) is 8.08. The highest BCUT2D eigenvalue weighted by Gasteiger charge is 2.10. The first-order valence-electron chi connectivity index (χ1n) is 4.38. The molecule has 0 saturated heterocycles. The number of hydrogen-bond acceptors (Lipinski definition) is 3. The minimum atomic E-state index is -0.936. The van der Waals surface area contributed by atoms with E-state index in [9.17, 15) is 4.79 Å². The van der Waals surface area contributed by atoms with Crippen LogP contribution in [-0.2, 0) is 0 Å². The van der Waals surface area contributed by atoms with Gasteiger partial charge in [-0.1, -0.05) is 6.07 Å². The molecule has 0 saturated carbocycles. The van der Waals surface area contributed by atoms with Crippen molar-refractivity contribution in [3.05, 3.63) is 42.0 Å². The summed E-state index contributed by atoms with van der Waals surface area (Å²) in [7, 11) is 0. The molecule has 2 aromatic rings. The fourth-order valence-corrected chi connectivity index (χ4v) is 1.44. The molecule has 0 spiro atoms. The maximum absolute atomic E-state index is 10.9. The van der Waals surface area contributed by atoms with Gasteiger partial charge in [0.25, 0.3) is 0 Å². The average molecular weight is 203 g/mol. The van der Waals surface area contributed by atoms with Crippen LogP contribution in [0.4, 0.5) is 0 Å². The lowest BCUT2D eigenvalue weighted by Gasteiger charge is -2.07. The van der Waals surface area contributed by atoms with Crippen molar-refractivity contribution in [2.45, 2.75) is 6.92 Å². The maximum Gasteiger partial charge on any atom is 0.336 e. The summed E-state index contributed by atoms with van der Waals surface area (Å²) in [6, 6.07) is 5.06. The van der Waals surface area contributed by atoms with Crippen LogP contribution >= 0.6 is 0 Å². The summed E-state index contributed by atoms with van der Waals surface area (Å²) >= 11 is 0. The van der Waals surface area contributed by atoms with Crippen molar-refractivity contribution >= 4 is 5.97 Å². The Hall–Kier alpha value is -2.17. The molecule has 5 heteroatoms. The van der Waals surface area contributed by atoms with Crippen LogP contribution in [0, 0.1) is 6.92 Å². The molecule has 1 N–H and O–H groups in total. The zero-order chi connectivity index (χ0) is 10.8. The van der Waals surface area contributed by atoms with Crippen molar-refractivity contribution in [1.82, 2.24) is 14.8 Å². The third-order valence-electron chi connectivity index (χ3n) is 2.20. The summed E-state index contributed by atoms with van der Waals surface area (Å²) in [5, 5.41) is 12.9. The van der Waals surface area contributed by atoms with E-state index in [1.165, 1.54) is 12.7 Å². The van der Waals surface area contributed by atoms with Crippen LogP contribution in [0.5, 0.6) is 0 Å². The molecule has 0 aliphatic carbocycles. The van der Waals surface area contributed by atoms with Gasteiger partial charge in [-0.15, -0.1) is 0 Å². The Morgan fingerprint density at radius 1 is 1.47 bits per heavy atom. The highest BCUT2D eigenvalue weighted by atomic mass is 16.4. The van der Waals surface area contributed by atoms with E-state index in [1.807, 2.05) is 0 Å². The summed E-state index contributed by atoms with van der Waals surface area (Å²) in [5.41, 5.74) is 1.69. The molecule has 0 atom stereocenters. The predicted molar refractivity (Wildman–Crippen MR) is 53.1 cm³/mol. The molecule has 1 heterocycles. The van der Waals surface area contributed by atoms with E-state index >= 15 is 0 Å². The first-order chi connectivity index (χ1) is 7.20. The molecule has 1 aromatic carbocycles. The highest BCUT2D eigenvalue weighted by Crippen LogP contribution is 2.16. The van der Waals surface area contributed by atoms with Gasteiger partial charge in [0, 0.05) is 0 Å². The predicted octanol–water partition coefficient (Wildman–Crippen LogP) is 1.27. The molecule has 0 aliphatic heterocycles. The lowest BCUT2D eigenvalue weighted by Crippen LogP contribution is -2.04. The fourth-order valence-electron chi connectivity index (χ4n) is 1.44. The van der Waals surface area contributed by atoms with Crippen molar-refractivity contribution < 1.29 is 9.90 Å². The van der Waals surface area contributed by atoms with Gasteiger partial charge in [-0.05, 0) is 24.6 Å². The molecule has 0 fully saturated rings. The topological polar surface area (TPSA) is 68.0 Å². The van der Waals surface area contributed by atoms with Gasteiger partial charge in [-0.3, -0.25) is 0 Å². The molecule has 1 aromatic heterocycles. The van der Waals surface area contributed by atoms with Crippen LogP contribution < -0.4 is 0 Å². The number of aromatic nitrogens is 3. The van der Waals surface area contributed by atoms with E-state index in [0.717, 1.165) is 5.69 Å². The molecule has 2 rings (SSSR count). The van der Waals surface area contributed by atoms with Gasteiger partial charge in [0.15, 0.2) is 0 Å². The molecule has 15 heavy (non-hydrogen) atoms. The molecule has 5 nitrogen and oxygen atoms in total. The van der Waals surface area contributed by atoms with Gasteiger partial charge in [-0.2, -0.15) is 5.10 Å². The Morgan fingerprint density at radius 2 is 2.27 bits per heavy atom. The lowest BCUT2D eigenvalue weighted by atomic mass is 10.1. The number of carbonyl (C=O) groups is 1. The van der Waals surface area contributed by atoms with Gasteiger partial charge < -0.3 is 5.11 Å². The van der Waals surface area contributed by atoms with E-state index in [0.29, 0.717) is 5.56 Å². The van der Waals surface area contributed by atoms with Crippen molar-refractivity contribution in [3.8, 4) is 5.69 Å². The Bertz CT molecular complexity index is 491. The smallest absolute Gasteiger partial charge is 0.336 e. The summed E-state index contributed by atoms with van der Waals surface area (Å²) in [4.78, 5) is 14.7. The highest BCUT2D eigenvalue weighted by molar-refractivity contribution is 5.90. The molecule has 0 radical (unpaired) electrons. The zero-order valence-electron chi connectivity index (χ0n) is 8.08. The SMILES string of the molecule is Cc1c(C(=O)O)cccc1-n1cncn1. The van der Waals surface area contributed by atoms with Gasteiger partial charge in [-0.25, -0.2) is 14.5 Å². The van der Waals surface area contributed by atoms with Gasteiger partial charge >= 0.3 is 5.97 Å². The van der Waals surface area contributed by atoms with Crippen LogP contribution in [0.1, 0.15) is 15.9 Å². The van der Waals surface area contributed by atoms with Crippen LogP contribution in [-0.4, -0.2) is 25.8 Å². The van der Waals surface area contributed by atoms with Crippen molar-refractivity contribution in [2.24, 2.45) is 0 Å². The Morgan fingerprint density at radius 3 is 2.87 bits per heavy atom. The maximum atomic E-state index is 10.9. The number of benzene rings is 1. The minimum absolute atomic E-state index is 0.281. The second-order valence-corrected chi connectivity index (χ2v) is 3.09. The number of nitrogens with zero attached hydrogens (tertiary/aromatic N) is 3. The average Bonchev–Trinajstić information content (AvgIpc) is 2.70. The van der Waals surface area contributed by atoms with Gasteiger partial charge in [0.2, 0.25) is 0 Å². The van der Waals surface area contributed by atoms with Crippen molar-refractivity contribution in [1.29, 1.82) is 0 Å². The van der Waals surface area contributed by atoms with Crippen LogP contribution in [0.25, 0.3) is 5.69 Å². The van der Waals surface area contributed by atoms with Crippen molar-refractivity contribution in [2.75, 3.05) is 0 Å². The fraction of sp³-hybridized carbons (Fsp3) is 0.100. The number of hydrogen-bond donors (Lipinski definition) is 1. The minimum Gasteiger partial charge on any atom is -0.478 e. The third-order valence-corrected chi connectivity index (χ3v) is 2.20. The van der Waals surface area contributed by atoms with E-state index in [2.05, 4.69) is 10.1 Å². The third kappa shape index (κ3) is 1.59. The van der Waals surface area contributed by atoms with Crippen LogP contribution in [0.2, 0.25) is 0 Å². The van der Waals surface area contributed by atoms with Crippen LogP contribution in [0.3, 0.4) is 0 Å². The quantitative estimate of drug-likeness (QED) is 0.798. The number of rotatable bonds is 2. The number of carboxylic acid groups (broad SMARTS) is 1. The molecular weight excluding hydrogens is 194 g/mol. The Labute approximate surface area is 86.0 Å². The van der Waals surface area contributed by atoms with E-state index in [1.54, 1.807) is 29.8 Å². The summed E-state index contributed by atoms with van der Waals surface area (Å²) in [6.07, 6.45) is 2.95. The first-order valence-corrected chi connectivity index (χ1v) is 4.38. The largest absolute Gasteiger partial charge is 0.478 e. The van der Waals surface area contributed by atoms with E-state index in [4.69, 9.17) is 5.11 Å². The molecule has 76 valence electrons. The standard InChI is InChI=1S/C10H9N3O2/c1-7-8(10(14)15)3-2-4-9(7)13-6-11-5-12-13/h2-6H,1H3,(H,14,15). The Kier molecular flexibility index (Phi) is 2.21. The normalized spacial score (nSPS) is 10.2. The van der Waals surface area contributed by atoms with Gasteiger partial charge in [0.1, 0.15) is 12.7 Å². The second-order valence-electron chi connectivity index (χ2n) is 3.09.